The van der Waals surface area contributed by atoms with E-state index in [4.69, 9.17) is 5.73 Å². The highest BCUT2D eigenvalue weighted by Crippen LogP contribution is 2.38. The molecule has 2 aliphatic rings. The summed E-state index contributed by atoms with van der Waals surface area (Å²) in [5.41, 5.74) is 7.07. The lowest BCUT2D eigenvalue weighted by Gasteiger charge is -2.14. The van der Waals surface area contributed by atoms with E-state index in [1.54, 1.807) is 0 Å². The first kappa shape index (κ1) is 13.6. The summed E-state index contributed by atoms with van der Waals surface area (Å²) >= 11 is 1.51. The third-order valence-corrected chi connectivity index (χ3v) is 5.19. The Bertz CT molecular complexity index is 547. The average Bonchev–Trinajstić information content (AvgIpc) is 3.04. The Balaban J connectivity index is 1.73. The molecular formula is C14H19N3O2S. The maximum absolute atomic E-state index is 12.1. The fourth-order valence-electron chi connectivity index (χ4n) is 3.06. The molecule has 0 spiro atoms. The first-order valence-corrected chi connectivity index (χ1v) is 7.93. The highest BCUT2D eigenvalue weighted by Gasteiger charge is 2.26. The third kappa shape index (κ3) is 2.58. The zero-order chi connectivity index (χ0) is 14.1. The fourth-order valence-corrected chi connectivity index (χ4v) is 4.37. The van der Waals surface area contributed by atoms with Crippen molar-refractivity contribution in [2.75, 3.05) is 25.0 Å². The Morgan fingerprint density at radius 2 is 1.95 bits per heavy atom. The Morgan fingerprint density at radius 1 is 1.20 bits per heavy atom. The molecule has 6 heteroatoms. The zero-order valence-corrected chi connectivity index (χ0v) is 12.2. The minimum Gasteiger partial charge on any atom is -0.365 e. The number of likely N-dealkylation sites (tertiary alicyclic amines) is 1. The number of nitrogens with two attached hydrogens (primary N) is 1. The van der Waals surface area contributed by atoms with Gasteiger partial charge in [0.15, 0.2) is 0 Å². The van der Waals surface area contributed by atoms with E-state index in [9.17, 15) is 9.59 Å². The topological polar surface area (TPSA) is 75.4 Å². The molecule has 108 valence electrons. The van der Waals surface area contributed by atoms with E-state index >= 15 is 0 Å². The van der Waals surface area contributed by atoms with E-state index in [1.165, 1.54) is 16.2 Å². The molecule has 2 amide bonds. The number of aryl methyl sites for hydroxylation is 1. The molecule has 2 heterocycles. The van der Waals surface area contributed by atoms with Gasteiger partial charge in [0.2, 0.25) is 5.91 Å². The van der Waals surface area contributed by atoms with Gasteiger partial charge in [-0.2, -0.15) is 0 Å². The molecule has 1 aromatic rings. The highest BCUT2D eigenvalue weighted by atomic mass is 32.1. The van der Waals surface area contributed by atoms with Gasteiger partial charge >= 0.3 is 0 Å². The maximum atomic E-state index is 12.1. The van der Waals surface area contributed by atoms with Crippen LogP contribution in [0.5, 0.6) is 0 Å². The van der Waals surface area contributed by atoms with E-state index in [1.807, 2.05) is 0 Å². The summed E-state index contributed by atoms with van der Waals surface area (Å²) in [5.74, 6) is -0.477. The fraction of sp³-hybridized carbons (Fsp3) is 0.571. The van der Waals surface area contributed by atoms with Gasteiger partial charge < -0.3 is 11.1 Å². The molecular weight excluding hydrogens is 274 g/mol. The number of anilines is 1. The number of hydrogen-bond donors (Lipinski definition) is 2. The number of fused-ring (bicyclic) bond motifs is 1. The first-order chi connectivity index (χ1) is 9.65. The van der Waals surface area contributed by atoms with Crippen molar-refractivity contribution in [3.63, 3.8) is 0 Å². The Hall–Kier alpha value is -1.40. The molecule has 1 aromatic heterocycles. The van der Waals surface area contributed by atoms with Crippen molar-refractivity contribution in [1.82, 2.24) is 4.90 Å². The quantitative estimate of drug-likeness (QED) is 0.880. The Kier molecular flexibility index (Phi) is 3.76. The molecule has 0 bridgehead atoms. The second kappa shape index (κ2) is 5.54. The number of rotatable bonds is 4. The molecule has 1 saturated heterocycles. The number of nitrogens with one attached hydrogen (secondary N) is 1. The molecule has 1 aliphatic heterocycles. The smallest absolute Gasteiger partial charge is 0.251 e. The third-order valence-electron chi connectivity index (χ3n) is 3.99. The number of nitrogens with zero attached hydrogens (tertiary/aromatic N) is 1. The van der Waals surface area contributed by atoms with Crippen molar-refractivity contribution in [1.29, 1.82) is 0 Å². The summed E-state index contributed by atoms with van der Waals surface area (Å²) in [5, 5.41) is 3.53. The number of hydrogen-bond acceptors (Lipinski definition) is 4. The largest absolute Gasteiger partial charge is 0.365 e. The van der Waals surface area contributed by atoms with Crippen molar-refractivity contribution < 1.29 is 9.59 Å². The monoisotopic (exact) mass is 293 g/mol. The summed E-state index contributed by atoms with van der Waals surface area (Å²) in [6.07, 6.45) is 5.28. The van der Waals surface area contributed by atoms with Crippen molar-refractivity contribution >= 4 is 28.2 Å². The molecule has 3 rings (SSSR count). The van der Waals surface area contributed by atoms with Gasteiger partial charge in [0, 0.05) is 4.88 Å². The second-order valence-corrected chi connectivity index (χ2v) is 6.56. The number of thiophene rings is 1. The average molecular weight is 293 g/mol. The van der Waals surface area contributed by atoms with Crippen LogP contribution in [-0.4, -0.2) is 36.3 Å². The molecule has 20 heavy (non-hydrogen) atoms. The standard InChI is InChI=1S/C14H19N3O2S/c15-13(19)12-9-4-3-5-10(9)20-14(12)16-11(18)8-17-6-1-2-7-17/h1-8H2,(H2,15,19)(H,16,18). The van der Waals surface area contributed by atoms with Gasteiger partial charge in [-0.15, -0.1) is 11.3 Å². The summed E-state index contributed by atoms with van der Waals surface area (Å²) in [4.78, 5) is 27.1. The van der Waals surface area contributed by atoms with Gasteiger partial charge in [0.1, 0.15) is 5.00 Å². The molecule has 0 radical (unpaired) electrons. The number of carbonyl (C=O) groups excluding carboxylic acids is 2. The van der Waals surface area contributed by atoms with Crippen LogP contribution in [0.2, 0.25) is 0 Å². The van der Waals surface area contributed by atoms with Gasteiger partial charge in [-0.05, 0) is 50.8 Å². The summed E-state index contributed by atoms with van der Waals surface area (Å²) in [6, 6.07) is 0. The number of carbonyl (C=O) groups is 2. The lowest BCUT2D eigenvalue weighted by atomic mass is 10.1. The van der Waals surface area contributed by atoms with E-state index in [2.05, 4.69) is 10.2 Å². The predicted octanol–water partition coefficient (Wildman–Crippen LogP) is 1.37. The van der Waals surface area contributed by atoms with Crippen LogP contribution in [0.4, 0.5) is 5.00 Å². The van der Waals surface area contributed by atoms with Gasteiger partial charge in [-0.3, -0.25) is 14.5 Å². The van der Waals surface area contributed by atoms with Crippen molar-refractivity contribution in [3.05, 3.63) is 16.0 Å². The van der Waals surface area contributed by atoms with Crippen LogP contribution in [0, 0.1) is 0 Å². The molecule has 1 fully saturated rings. The minimum absolute atomic E-state index is 0.0469. The molecule has 0 unspecified atom stereocenters. The predicted molar refractivity (Wildman–Crippen MR) is 79.2 cm³/mol. The van der Waals surface area contributed by atoms with Crippen LogP contribution in [0.1, 0.15) is 40.1 Å². The summed E-state index contributed by atoms with van der Waals surface area (Å²) < 4.78 is 0. The lowest BCUT2D eigenvalue weighted by Crippen LogP contribution is -2.31. The number of primary amides is 1. The van der Waals surface area contributed by atoms with Crippen LogP contribution in [0.3, 0.4) is 0 Å². The molecule has 3 N–H and O–H groups in total. The lowest BCUT2D eigenvalue weighted by molar-refractivity contribution is -0.117. The van der Waals surface area contributed by atoms with Gasteiger partial charge in [0.05, 0.1) is 12.1 Å². The molecule has 5 nitrogen and oxygen atoms in total. The van der Waals surface area contributed by atoms with Gasteiger partial charge in [-0.25, -0.2) is 0 Å². The zero-order valence-electron chi connectivity index (χ0n) is 11.4. The Labute approximate surface area is 122 Å². The van der Waals surface area contributed by atoms with E-state index in [0.29, 0.717) is 17.1 Å². The van der Waals surface area contributed by atoms with Crippen LogP contribution in [-0.2, 0) is 17.6 Å². The molecule has 0 saturated carbocycles. The minimum atomic E-state index is -0.430. The molecule has 1 aliphatic carbocycles. The second-order valence-electron chi connectivity index (χ2n) is 5.46. The van der Waals surface area contributed by atoms with E-state index in [-0.39, 0.29) is 5.91 Å². The van der Waals surface area contributed by atoms with Crippen LogP contribution in [0.15, 0.2) is 0 Å². The van der Waals surface area contributed by atoms with Crippen LogP contribution >= 0.6 is 11.3 Å². The summed E-state index contributed by atoms with van der Waals surface area (Å²) in [7, 11) is 0. The SMILES string of the molecule is NC(=O)c1c(NC(=O)CN2CCCC2)sc2c1CCC2. The van der Waals surface area contributed by atoms with E-state index in [0.717, 1.165) is 50.8 Å². The molecule has 0 aromatic carbocycles. The van der Waals surface area contributed by atoms with Crippen LogP contribution < -0.4 is 11.1 Å². The number of amides is 2. The maximum Gasteiger partial charge on any atom is 0.251 e. The summed E-state index contributed by atoms with van der Waals surface area (Å²) in [6.45, 7) is 2.37. The highest BCUT2D eigenvalue weighted by molar-refractivity contribution is 7.17. The van der Waals surface area contributed by atoms with Crippen molar-refractivity contribution in [3.8, 4) is 0 Å². The Morgan fingerprint density at radius 3 is 2.65 bits per heavy atom. The normalized spacial score (nSPS) is 18.2. The first-order valence-electron chi connectivity index (χ1n) is 7.11. The van der Waals surface area contributed by atoms with Gasteiger partial charge in [-0.1, -0.05) is 0 Å². The van der Waals surface area contributed by atoms with Crippen LogP contribution in [0.25, 0.3) is 0 Å². The molecule has 0 atom stereocenters. The van der Waals surface area contributed by atoms with E-state index < -0.39 is 5.91 Å². The van der Waals surface area contributed by atoms with Crippen molar-refractivity contribution in [2.24, 2.45) is 5.73 Å². The van der Waals surface area contributed by atoms with Crippen molar-refractivity contribution in [2.45, 2.75) is 32.1 Å². The van der Waals surface area contributed by atoms with Gasteiger partial charge in [0.25, 0.3) is 5.91 Å².